The van der Waals surface area contributed by atoms with Crippen molar-refractivity contribution in [3.8, 4) is 0 Å². The fraction of sp³-hybridized carbons (Fsp3) is 1.00. The fourth-order valence-electron chi connectivity index (χ4n) is 2.55. The van der Waals surface area contributed by atoms with E-state index in [2.05, 4.69) is 0 Å². The number of hydrogen-bond donors (Lipinski definition) is 9. The van der Waals surface area contributed by atoms with Crippen molar-refractivity contribution in [1.82, 2.24) is 0 Å². The molecule has 0 amide bonds. The molecule has 2 heterocycles. The minimum Gasteiger partial charge on any atom is -0.394 e. The summed E-state index contributed by atoms with van der Waals surface area (Å²) in [7, 11) is 0. The summed E-state index contributed by atoms with van der Waals surface area (Å²) in [4.78, 5) is 0. The second kappa shape index (κ2) is 7.41. The Bertz CT molecular complexity index is 419. The minimum atomic E-state index is -3.01. The van der Waals surface area contributed by atoms with Crippen LogP contribution in [0.15, 0.2) is 0 Å². The van der Waals surface area contributed by atoms with Gasteiger partial charge in [0.15, 0.2) is 12.4 Å². The van der Waals surface area contributed by atoms with Crippen LogP contribution in [-0.2, 0) is 14.2 Å². The van der Waals surface area contributed by atoms with Crippen LogP contribution >= 0.6 is 0 Å². The highest BCUT2D eigenvalue weighted by molar-refractivity contribution is 4.94. The van der Waals surface area contributed by atoms with Crippen molar-refractivity contribution in [2.45, 2.75) is 61.1 Å². The molecule has 9 N–H and O–H groups in total. The van der Waals surface area contributed by atoms with Crippen molar-refractivity contribution < 1.29 is 60.2 Å². The van der Waals surface area contributed by atoms with Gasteiger partial charge in [-0.05, 0) is 0 Å². The van der Waals surface area contributed by atoms with Crippen LogP contribution in [0.5, 0.6) is 0 Å². The van der Waals surface area contributed by atoms with Gasteiger partial charge in [0, 0.05) is 0 Å². The molecule has 1 unspecified atom stereocenters. The van der Waals surface area contributed by atoms with E-state index in [1.54, 1.807) is 0 Å². The maximum Gasteiger partial charge on any atom is 0.313 e. The Kier molecular flexibility index (Phi) is 6.12. The summed E-state index contributed by atoms with van der Waals surface area (Å²) in [6.07, 6.45) is -16.1. The predicted octanol–water partition coefficient (Wildman–Crippen LogP) is -6.08. The van der Waals surface area contributed by atoms with Gasteiger partial charge in [0.25, 0.3) is 0 Å². The standard InChI is InChI=1S/C12H22O12/c13-1-3-5(15)7(17)9(19)11(22-3)24-12(21)10(20)8(18)6(16)4(2-14)23-12/h3-11,13-21H,1-2H2/t3-,4-,5+,6+,7+,8+,9-,10-,11-,12?/m0/s1. The third-order valence-corrected chi connectivity index (χ3v) is 4.06. The van der Waals surface area contributed by atoms with Crippen LogP contribution in [0, 0.1) is 0 Å². The minimum absolute atomic E-state index is 0.757. The monoisotopic (exact) mass is 358 g/mol. The second-order valence-electron chi connectivity index (χ2n) is 5.71. The van der Waals surface area contributed by atoms with Crippen molar-refractivity contribution in [1.29, 1.82) is 0 Å². The van der Waals surface area contributed by atoms with E-state index in [1.165, 1.54) is 0 Å². The third-order valence-electron chi connectivity index (χ3n) is 4.06. The van der Waals surface area contributed by atoms with Crippen molar-refractivity contribution in [2.24, 2.45) is 0 Å². The normalized spacial score (nSPS) is 53.1. The molecule has 0 saturated carbocycles. The van der Waals surface area contributed by atoms with Gasteiger partial charge in [0.2, 0.25) is 0 Å². The molecule has 12 nitrogen and oxygen atoms in total. The molecule has 0 aromatic carbocycles. The quantitative estimate of drug-likeness (QED) is 0.215. The van der Waals surface area contributed by atoms with E-state index in [9.17, 15) is 35.7 Å². The summed E-state index contributed by atoms with van der Waals surface area (Å²) < 4.78 is 14.7. The molecule has 2 fully saturated rings. The largest absolute Gasteiger partial charge is 0.394 e. The predicted molar refractivity (Wildman–Crippen MR) is 69.8 cm³/mol. The molecule has 0 radical (unpaired) electrons. The maximum absolute atomic E-state index is 10.2. The lowest BCUT2D eigenvalue weighted by atomic mass is 9.97. The number of aliphatic hydroxyl groups is 9. The Balaban J connectivity index is 2.18. The van der Waals surface area contributed by atoms with Gasteiger partial charge < -0.3 is 55.4 Å². The molecule has 2 aliphatic heterocycles. The number of hydrogen-bond acceptors (Lipinski definition) is 12. The first-order chi connectivity index (χ1) is 11.2. The smallest absolute Gasteiger partial charge is 0.313 e. The summed E-state index contributed by atoms with van der Waals surface area (Å²) in [6.45, 7) is -1.60. The summed E-state index contributed by atoms with van der Waals surface area (Å²) in [5, 5.41) is 86.7. The van der Waals surface area contributed by atoms with Crippen LogP contribution in [0.25, 0.3) is 0 Å². The molecular formula is C12H22O12. The number of rotatable bonds is 4. The Morgan fingerprint density at radius 3 is 1.83 bits per heavy atom. The van der Waals surface area contributed by atoms with Crippen LogP contribution in [0.4, 0.5) is 0 Å². The second-order valence-corrected chi connectivity index (χ2v) is 5.71. The van der Waals surface area contributed by atoms with Gasteiger partial charge in [-0.3, -0.25) is 4.74 Å². The van der Waals surface area contributed by atoms with E-state index in [1.807, 2.05) is 0 Å². The topological polar surface area (TPSA) is 210 Å². The lowest BCUT2D eigenvalue weighted by Gasteiger charge is -2.48. The van der Waals surface area contributed by atoms with E-state index >= 15 is 0 Å². The van der Waals surface area contributed by atoms with Crippen LogP contribution in [0.3, 0.4) is 0 Å². The summed E-state index contributed by atoms with van der Waals surface area (Å²) >= 11 is 0. The van der Waals surface area contributed by atoms with Crippen LogP contribution < -0.4 is 0 Å². The molecule has 2 saturated heterocycles. The van der Waals surface area contributed by atoms with Gasteiger partial charge in [0.1, 0.15) is 42.7 Å². The van der Waals surface area contributed by atoms with E-state index in [-0.39, 0.29) is 0 Å². The highest BCUT2D eigenvalue weighted by atomic mass is 16.9. The lowest BCUT2D eigenvalue weighted by molar-refractivity contribution is -0.488. The van der Waals surface area contributed by atoms with Gasteiger partial charge >= 0.3 is 5.97 Å². The highest BCUT2D eigenvalue weighted by Gasteiger charge is 2.57. The van der Waals surface area contributed by atoms with Gasteiger partial charge in [-0.25, -0.2) is 0 Å². The molecule has 142 valence electrons. The van der Waals surface area contributed by atoms with E-state index < -0.39 is 74.3 Å². The van der Waals surface area contributed by atoms with Crippen LogP contribution in [0.2, 0.25) is 0 Å². The molecular weight excluding hydrogens is 336 g/mol. The Morgan fingerprint density at radius 2 is 1.29 bits per heavy atom. The molecule has 2 aliphatic rings. The molecule has 12 heteroatoms. The van der Waals surface area contributed by atoms with E-state index in [0.717, 1.165) is 0 Å². The third kappa shape index (κ3) is 3.41. The Morgan fingerprint density at radius 1 is 0.750 bits per heavy atom. The average Bonchev–Trinajstić information content (AvgIpc) is 2.57. The first-order valence-corrected chi connectivity index (χ1v) is 7.19. The summed E-state index contributed by atoms with van der Waals surface area (Å²) in [5.41, 5.74) is 0. The van der Waals surface area contributed by atoms with Crippen molar-refractivity contribution in [3.05, 3.63) is 0 Å². The summed E-state index contributed by atoms with van der Waals surface area (Å²) in [5.74, 6) is -3.01. The van der Waals surface area contributed by atoms with Crippen molar-refractivity contribution >= 4 is 0 Å². The van der Waals surface area contributed by atoms with E-state index in [4.69, 9.17) is 24.4 Å². The van der Waals surface area contributed by atoms with Gasteiger partial charge in [-0.15, -0.1) is 0 Å². The number of ether oxygens (including phenoxy) is 3. The van der Waals surface area contributed by atoms with Crippen LogP contribution in [-0.4, -0.2) is 120 Å². The highest BCUT2D eigenvalue weighted by Crippen LogP contribution is 2.33. The maximum atomic E-state index is 10.2. The van der Waals surface area contributed by atoms with Crippen LogP contribution in [0.1, 0.15) is 0 Å². The zero-order valence-electron chi connectivity index (χ0n) is 12.4. The zero-order chi connectivity index (χ0) is 18.2. The van der Waals surface area contributed by atoms with Crippen molar-refractivity contribution in [2.75, 3.05) is 13.2 Å². The molecule has 0 aliphatic carbocycles. The molecule has 24 heavy (non-hydrogen) atoms. The Hall–Kier alpha value is -0.480. The van der Waals surface area contributed by atoms with Gasteiger partial charge in [0.05, 0.1) is 13.2 Å². The lowest BCUT2D eigenvalue weighted by Crippen LogP contribution is -2.69. The first kappa shape index (κ1) is 19.8. The average molecular weight is 358 g/mol. The SMILES string of the molecule is OC[C@@H]1O[C@@H](OC2(O)O[C@@H](CO)[C@@H](O)[C@@H](O)[C@@H]2O)[C@@H](O)[C@H](O)[C@@H]1O. The summed E-state index contributed by atoms with van der Waals surface area (Å²) in [6, 6.07) is 0. The molecule has 2 rings (SSSR count). The molecule has 0 aromatic heterocycles. The zero-order valence-corrected chi connectivity index (χ0v) is 12.4. The van der Waals surface area contributed by atoms with Gasteiger partial charge in [-0.1, -0.05) is 0 Å². The van der Waals surface area contributed by atoms with Gasteiger partial charge in [-0.2, -0.15) is 0 Å². The molecule has 10 atom stereocenters. The molecule has 0 aromatic rings. The molecule has 0 bridgehead atoms. The van der Waals surface area contributed by atoms with Crippen molar-refractivity contribution in [3.63, 3.8) is 0 Å². The molecule has 0 spiro atoms. The number of aliphatic hydroxyl groups excluding tert-OH is 8. The van der Waals surface area contributed by atoms with E-state index in [0.29, 0.717) is 0 Å². The fourth-order valence-corrected chi connectivity index (χ4v) is 2.55. The first-order valence-electron chi connectivity index (χ1n) is 7.19. The Labute approximate surface area is 135 Å².